The van der Waals surface area contributed by atoms with Gasteiger partial charge in [-0.05, 0) is 36.3 Å². The topological polar surface area (TPSA) is 46.3 Å². The third-order valence-corrected chi connectivity index (χ3v) is 4.61. The number of likely N-dealkylation sites (tertiary alicyclic amines) is 1. The highest BCUT2D eigenvalue weighted by molar-refractivity contribution is 7.80. The van der Waals surface area contributed by atoms with Crippen molar-refractivity contribution in [2.45, 2.75) is 39.7 Å². The van der Waals surface area contributed by atoms with Crippen molar-refractivity contribution in [3.05, 3.63) is 35.4 Å². The zero-order valence-electron chi connectivity index (χ0n) is 12.8. The van der Waals surface area contributed by atoms with E-state index in [0.717, 1.165) is 30.5 Å². The third kappa shape index (κ3) is 4.27. The summed E-state index contributed by atoms with van der Waals surface area (Å²) >= 11 is 5.01. The molecule has 1 unspecified atom stereocenters. The molecule has 2 N–H and O–H groups in total. The van der Waals surface area contributed by atoms with Gasteiger partial charge in [0.2, 0.25) is 5.91 Å². The summed E-state index contributed by atoms with van der Waals surface area (Å²) in [5.74, 6) is 1.57. The molecule has 1 aromatic rings. The molecular formula is C17H24N2OS. The second kappa shape index (κ2) is 7.03. The summed E-state index contributed by atoms with van der Waals surface area (Å²) in [5, 5.41) is 0. The van der Waals surface area contributed by atoms with Gasteiger partial charge >= 0.3 is 0 Å². The maximum Gasteiger partial charge on any atom is 0.222 e. The summed E-state index contributed by atoms with van der Waals surface area (Å²) < 4.78 is 0. The largest absolute Gasteiger partial charge is 0.389 e. The van der Waals surface area contributed by atoms with Crippen molar-refractivity contribution in [3.8, 4) is 0 Å². The first kappa shape index (κ1) is 16.0. The fourth-order valence-electron chi connectivity index (χ4n) is 2.93. The molecule has 1 saturated heterocycles. The normalized spacial score (nSPS) is 19.7. The summed E-state index contributed by atoms with van der Waals surface area (Å²) in [6, 6.07) is 7.87. The highest BCUT2D eigenvalue weighted by atomic mass is 32.1. The summed E-state index contributed by atoms with van der Waals surface area (Å²) in [5.41, 5.74) is 7.63. The second-order valence-electron chi connectivity index (χ2n) is 6.21. The Morgan fingerprint density at radius 3 is 2.86 bits per heavy atom. The summed E-state index contributed by atoms with van der Waals surface area (Å²) in [6.45, 7) is 5.99. The first-order chi connectivity index (χ1) is 9.97. The zero-order chi connectivity index (χ0) is 15.4. The average Bonchev–Trinajstić information content (AvgIpc) is 2.62. The molecule has 114 valence electrons. The average molecular weight is 304 g/mol. The third-order valence-electron chi connectivity index (χ3n) is 4.38. The van der Waals surface area contributed by atoms with E-state index in [4.69, 9.17) is 18.0 Å². The van der Waals surface area contributed by atoms with Crippen LogP contribution >= 0.6 is 12.2 Å². The first-order valence-corrected chi connectivity index (χ1v) is 8.04. The molecule has 1 atom stereocenters. The van der Waals surface area contributed by atoms with Crippen LogP contribution in [-0.2, 0) is 11.3 Å². The lowest BCUT2D eigenvalue weighted by molar-refractivity contribution is -0.131. The molecule has 0 radical (unpaired) electrons. The van der Waals surface area contributed by atoms with Gasteiger partial charge in [-0.2, -0.15) is 0 Å². The predicted octanol–water partition coefficient (Wildman–Crippen LogP) is 3.11. The van der Waals surface area contributed by atoms with Gasteiger partial charge in [0.25, 0.3) is 0 Å². The highest BCUT2D eigenvalue weighted by Crippen LogP contribution is 2.26. The molecular weight excluding hydrogens is 280 g/mol. The molecule has 0 bridgehead atoms. The number of hydrogen-bond acceptors (Lipinski definition) is 2. The molecule has 0 spiro atoms. The Bertz CT molecular complexity index is 527. The van der Waals surface area contributed by atoms with E-state index < -0.39 is 0 Å². The molecule has 1 aliphatic rings. The standard InChI is InChI=1S/C17H24N2OS/c1-12(2)14-6-7-16(20)19(9-8-14)11-13-4-3-5-15(10-13)17(18)21/h3-5,10,12,14H,6-9,11H2,1-2H3,(H2,18,21). The summed E-state index contributed by atoms with van der Waals surface area (Å²) in [6.07, 6.45) is 2.77. The second-order valence-corrected chi connectivity index (χ2v) is 6.65. The minimum Gasteiger partial charge on any atom is -0.389 e. The summed E-state index contributed by atoms with van der Waals surface area (Å²) in [7, 11) is 0. The van der Waals surface area contributed by atoms with Crippen molar-refractivity contribution in [1.82, 2.24) is 4.90 Å². The Morgan fingerprint density at radius 1 is 1.43 bits per heavy atom. The highest BCUT2D eigenvalue weighted by Gasteiger charge is 2.24. The lowest BCUT2D eigenvalue weighted by Gasteiger charge is -2.22. The molecule has 0 aromatic heterocycles. The van der Waals surface area contributed by atoms with Gasteiger partial charge in [0.05, 0.1) is 0 Å². The zero-order valence-corrected chi connectivity index (χ0v) is 13.7. The molecule has 0 aliphatic carbocycles. The quantitative estimate of drug-likeness (QED) is 0.869. The molecule has 21 heavy (non-hydrogen) atoms. The van der Waals surface area contributed by atoms with Crippen LogP contribution in [0.5, 0.6) is 0 Å². The summed E-state index contributed by atoms with van der Waals surface area (Å²) in [4.78, 5) is 14.7. The number of nitrogens with two attached hydrogens (primary N) is 1. The van der Waals surface area contributed by atoms with Crippen LogP contribution in [0.15, 0.2) is 24.3 Å². The number of benzene rings is 1. The maximum atomic E-state index is 12.3. The van der Waals surface area contributed by atoms with E-state index in [-0.39, 0.29) is 5.91 Å². The van der Waals surface area contributed by atoms with Crippen LogP contribution in [0, 0.1) is 11.8 Å². The number of hydrogen-bond donors (Lipinski definition) is 1. The van der Waals surface area contributed by atoms with E-state index in [1.54, 1.807) is 0 Å². The van der Waals surface area contributed by atoms with E-state index in [1.807, 2.05) is 29.2 Å². The fourth-order valence-corrected chi connectivity index (χ4v) is 3.06. The molecule has 1 aliphatic heterocycles. The van der Waals surface area contributed by atoms with Gasteiger partial charge in [0, 0.05) is 25.1 Å². The molecule has 1 fully saturated rings. The Hall–Kier alpha value is -1.42. The Balaban J connectivity index is 2.06. The van der Waals surface area contributed by atoms with Gasteiger partial charge in [-0.25, -0.2) is 0 Å². The Kier molecular flexibility index (Phi) is 5.34. The lowest BCUT2D eigenvalue weighted by Crippen LogP contribution is -2.30. The van der Waals surface area contributed by atoms with Crippen LogP contribution < -0.4 is 5.73 Å². The maximum absolute atomic E-state index is 12.3. The smallest absolute Gasteiger partial charge is 0.222 e. The van der Waals surface area contributed by atoms with Crippen molar-refractivity contribution >= 4 is 23.1 Å². The van der Waals surface area contributed by atoms with Gasteiger partial charge in [0.15, 0.2) is 0 Å². The molecule has 2 rings (SSSR count). The molecule has 1 heterocycles. The van der Waals surface area contributed by atoms with Gasteiger partial charge in [-0.3, -0.25) is 4.79 Å². The predicted molar refractivity (Wildman–Crippen MR) is 89.9 cm³/mol. The lowest BCUT2D eigenvalue weighted by atomic mass is 9.89. The van der Waals surface area contributed by atoms with Gasteiger partial charge < -0.3 is 10.6 Å². The SMILES string of the molecule is CC(C)C1CCC(=O)N(Cc2cccc(C(N)=S)c2)CC1. The van der Waals surface area contributed by atoms with E-state index in [0.29, 0.717) is 29.8 Å². The van der Waals surface area contributed by atoms with Gasteiger partial charge in [0.1, 0.15) is 4.99 Å². The van der Waals surface area contributed by atoms with Crippen molar-refractivity contribution in [3.63, 3.8) is 0 Å². The van der Waals surface area contributed by atoms with Crippen molar-refractivity contribution in [2.75, 3.05) is 6.54 Å². The number of rotatable bonds is 4. The minimum absolute atomic E-state index is 0.263. The van der Waals surface area contributed by atoms with Crippen molar-refractivity contribution in [2.24, 2.45) is 17.6 Å². The number of nitrogens with zero attached hydrogens (tertiary/aromatic N) is 1. The van der Waals surface area contributed by atoms with E-state index in [2.05, 4.69) is 13.8 Å². The van der Waals surface area contributed by atoms with E-state index in [1.165, 1.54) is 0 Å². The van der Waals surface area contributed by atoms with Crippen molar-refractivity contribution < 1.29 is 4.79 Å². The first-order valence-electron chi connectivity index (χ1n) is 7.64. The molecule has 1 amide bonds. The number of carbonyl (C=O) groups is 1. The molecule has 1 aromatic carbocycles. The Morgan fingerprint density at radius 2 is 2.19 bits per heavy atom. The van der Waals surface area contributed by atoms with Crippen LogP contribution in [0.3, 0.4) is 0 Å². The minimum atomic E-state index is 0.263. The molecule has 0 saturated carbocycles. The van der Waals surface area contributed by atoms with Crippen LogP contribution in [0.2, 0.25) is 0 Å². The number of thiocarbonyl (C=S) groups is 1. The number of carbonyl (C=O) groups excluding carboxylic acids is 1. The fraction of sp³-hybridized carbons (Fsp3) is 0.529. The monoisotopic (exact) mass is 304 g/mol. The Labute approximate surface area is 132 Å². The van der Waals surface area contributed by atoms with Crippen LogP contribution in [0.25, 0.3) is 0 Å². The van der Waals surface area contributed by atoms with Gasteiger partial charge in [-0.1, -0.05) is 44.3 Å². The van der Waals surface area contributed by atoms with Crippen molar-refractivity contribution in [1.29, 1.82) is 0 Å². The van der Waals surface area contributed by atoms with Crippen LogP contribution in [0.1, 0.15) is 44.2 Å². The van der Waals surface area contributed by atoms with Gasteiger partial charge in [-0.15, -0.1) is 0 Å². The van der Waals surface area contributed by atoms with Crippen LogP contribution in [-0.4, -0.2) is 22.3 Å². The molecule has 4 heteroatoms. The molecule has 3 nitrogen and oxygen atoms in total. The van der Waals surface area contributed by atoms with E-state index in [9.17, 15) is 4.79 Å². The van der Waals surface area contributed by atoms with E-state index >= 15 is 0 Å². The number of amides is 1. The van der Waals surface area contributed by atoms with Crippen LogP contribution in [0.4, 0.5) is 0 Å².